The van der Waals surface area contributed by atoms with Gasteiger partial charge in [0, 0.05) is 13.7 Å². The monoisotopic (exact) mass is 263 g/mol. The zero-order valence-corrected chi connectivity index (χ0v) is 12.0. The molecule has 3 rings (SSSR count). The summed E-state index contributed by atoms with van der Waals surface area (Å²) in [5.74, 6) is 0.553. The smallest absolute Gasteiger partial charge is 0.203 e. The average molecular weight is 263 g/mol. The molecular weight excluding hydrogens is 242 g/mol. The number of aryl methyl sites for hydroxylation is 2. The van der Waals surface area contributed by atoms with Crippen LogP contribution in [0.5, 0.6) is 0 Å². The Balaban J connectivity index is 2.29. The molecule has 1 fully saturated rings. The van der Waals surface area contributed by atoms with Crippen molar-refractivity contribution in [2.24, 2.45) is 7.05 Å². The first-order valence-electron chi connectivity index (χ1n) is 6.81. The predicted octanol–water partition coefficient (Wildman–Crippen LogP) is 1.44. The van der Waals surface area contributed by atoms with E-state index < -0.39 is 0 Å². The third kappa shape index (κ3) is 1.52. The van der Waals surface area contributed by atoms with Crippen LogP contribution in [0.25, 0.3) is 11.2 Å². The Morgan fingerprint density at radius 3 is 2.84 bits per heavy atom. The van der Waals surface area contributed by atoms with Crippen molar-refractivity contribution in [1.82, 2.24) is 19.3 Å². The van der Waals surface area contributed by atoms with Crippen LogP contribution in [0, 0.1) is 0 Å². The van der Waals surface area contributed by atoms with E-state index in [1.807, 2.05) is 11.7 Å². The SMILES string of the molecule is CCc1nn(C)c2c1nc(N)n2C1(C)CCOC1C. The molecule has 3 heterocycles. The molecule has 2 aromatic rings. The topological polar surface area (TPSA) is 70.9 Å². The molecule has 0 spiro atoms. The second-order valence-electron chi connectivity index (χ2n) is 5.52. The third-order valence-corrected chi connectivity index (χ3v) is 4.43. The van der Waals surface area contributed by atoms with Gasteiger partial charge in [-0.05, 0) is 26.7 Å². The lowest BCUT2D eigenvalue weighted by atomic mass is 9.94. The van der Waals surface area contributed by atoms with Gasteiger partial charge >= 0.3 is 0 Å². The van der Waals surface area contributed by atoms with Crippen molar-refractivity contribution < 1.29 is 4.74 Å². The maximum absolute atomic E-state index is 6.17. The van der Waals surface area contributed by atoms with E-state index in [1.54, 1.807) is 0 Å². The summed E-state index contributed by atoms with van der Waals surface area (Å²) in [4.78, 5) is 4.53. The number of hydrogen-bond acceptors (Lipinski definition) is 4. The quantitative estimate of drug-likeness (QED) is 0.890. The number of rotatable bonds is 2. The van der Waals surface area contributed by atoms with E-state index in [-0.39, 0.29) is 11.6 Å². The van der Waals surface area contributed by atoms with Gasteiger partial charge in [-0.3, -0.25) is 9.25 Å². The zero-order chi connectivity index (χ0) is 13.8. The fourth-order valence-electron chi connectivity index (χ4n) is 3.06. The molecule has 2 unspecified atom stereocenters. The first-order chi connectivity index (χ1) is 8.99. The third-order valence-electron chi connectivity index (χ3n) is 4.43. The molecule has 6 heteroatoms. The summed E-state index contributed by atoms with van der Waals surface area (Å²) >= 11 is 0. The summed E-state index contributed by atoms with van der Waals surface area (Å²) in [6.45, 7) is 7.12. The molecule has 0 aliphatic carbocycles. The Bertz CT molecular complexity index is 629. The number of nitrogens with zero attached hydrogens (tertiary/aromatic N) is 4. The van der Waals surface area contributed by atoms with E-state index in [4.69, 9.17) is 10.5 Å². The maximum atomic E-state index is 6.17. The second kappa shape index (κ2) is 3.96. The lowest BCUT2D eigenvalue weighted by Crippen LogP contribution is -2.38. The molecule has 0 amide bonds. The van der Waals surface area contributed by atoms with E-state index >= 15 is 0 Å². The van der Waals surface area contributed by atoms with Crippen molar-refractivity contribution in [2.45, 2.75) is 45.3 Å². The van der Waals surface area contributed by atoms with E-state index in [0.29, 0.717) is 5.95 Å². The summed E-state index contributed by atoms with van der Waals surface area (Å²) in [5.41, 5.74) is 8.93. The van der Waals surface area contributed by atoms with Gasteiger partial charge in [-0.15, -0.1) is 0 Å². The van der Waals surface area contributed by atoms with Crippen LogP contribution in [0.4, 0.5) is 5.95 Å². The molecule has 0 saturated carbocycles. The van der Waals surface area contributed by atoms with Gasteiger partial charge in [0.15, 0.2) is 5.65 Å². The summed E-state index contributed by atoms with van der Waals surface area (Å²) in [5, 5.41) is 4.53. The Hall–Kier alpha value is -1.56. The molecule has 2 atom stereocenters. The minimum absolute atomic E-state index is 0.118. The van der Waals surface area contributed by atoms with Gasteiger partial charge < -0.3 is 10.5 Å². The molecule has 0 bridgehead atoms. The zero-order valence-electron chi connectivity index (χ0n) is 12.0. The van der Waals surface area contributed by atoms with Crippen LogP contribution in [0.3, 0.4) is 0 Å². The van der Waals surface area contributed by atoms with Crippen molar-refractivity contribution in [3.8, 4) is 0 Å². The van der Waals surface area contributed by atoms with Crippen LogP contribution in [0.1, 0.15) is 32.9 Å². The standard InChI is InChI=1S/C13H21N5O/c1-5-9-10-11(17(4)16-9)18(12(14)15-10)13(3)6-7-19-8(13)2/h8H,5-7H2,1-4H3,(H2,14,15). The average Bonchev–Trinajstić information content (AvgIpc) is 2.96. The van der Waals surface area contributed by atoms with Gasteiger partial charge in [0.1, 0.15) is 5.52 Å². The Morgan fingerprint density at radius 2 is 2.26 bits per heavy atom. The van der Waals surface area contributed by atoms with Crippen LogP contribution in [-0.2, 0) is 23.7 Å². The minimum atomic E-state index is -0.155. The molecule has 1 aliphatic rings. The number of fused-ring (bicyclic) bond motifs is 1. The molecule has 0 aromatic carbocycles. The van der Waals surface area contributed by atoms with Crippen molar-refractivity contribution in [3.63, 3.8) is 0 Å². The first kappa shape index (κ1) is 12.5. The first-order valence-corrected chi connectivity index (χ1v) is 6.81. The number of nitrogen functional groups attached to an aromatic ring is 1. The van der Waals surface area contributed by atoms with Gasteiger partial charge in [-0.1, -0.05) is 6.92 Å². The number of aromatic nitrogens is 4. The molecule has 1 saturated heterocycles. The van der Waals surface area contributed by atoms with Crippen LogP contribution in [0.15, 0.2) is 0 Å². The molecule has 1 aliphatic heterocycles. The van der Waals surface area contributed by atoms with Crippen molar-refractivity contribution in [1.29, 1.82) is 0 Å². The van der Waals surface area contributed by atoms with Crippen molar-refractivity contribution >= 4 is 17.1 Å². The second-order valence-corrected chi connectivity index (χ2v) is 5.52. The fraction of sp³-hybridized carbons (Fsp3) is 0.692. The molecular formula is C13H21N5O. The summed E-state index contributed by atoms with van der Waals surface area (Å²) in [7, 11) is 1.95. The molecule has 2 N–H and O–H groups in total. The number of ether oxygens (including phenoxy) is 1. The van der Waals surface area contributed by atoms with Crippen molar-refractivity contribution in [3.05, 3.63) is 5.69 Å². The number of hydrogen-bond donors (Lipinski definition) is 1. The predicted molar refractivity (Wildman–Crippen MR) is 74.0 cm³/mol. The molecule has 6 nitrogen and oxygen atoms in total. The largest absolute Gasteiger partial charge is 0.376 e. The highest BCUT2D eigenvalue weighted by Crippen LogP contribution is 2.38. The molecule has 2 aromatic heterocycles. The minimum Gasteiger partial charge on any atom is -0.376 e. The molecule has 19 heavy (non-hydrogen) atoms. The van der Waals surface area contributed by atoms with Gasteiger partial charge in [-0.25, -0.2) is 4.98 Å². The van der Waals surface area contributed by atoms with E-state index in [1.165, 1.54) is 0 Å². The highest BCUT2D eigenvalue weighted by molar-refractivity contribution is 5.78. The Labute approximate surface area is 112 Å². The van der Waals surface area contributed by atoms with Gasteiger partial charge in [0.2, 0.25) is 5.95 Å². The Kier molecular flexibility index (Phi) is 2.60. The normalized spacial score (nSPS) is 27.5. The van der Waals surface area contributed by atoms with E-state index in [9.17, 15) is 0 Å². The lowest BCUT2D eigenvalue weighted by Gasteiger charge is -2.30. The van der Waals surface area contributed by atoms with Gasteiger partial charge in [0.25, 0.3) is 0 Å². The summed E-state index contributed by atoms with van der Waals surface area (Å²) in [6.07, 6.45) is 1.92. The Morgan fingerprint density at radius 1 is 1.53 bits per heavy atom. The highest BCUT2D eigenvalue weighted by atomic mass is 16.5. The summed E-state index contributed by atoms with van der Waals surface area (Å²) < 4.78 is 9.72. The van der Waals surface area contributed by atoms with Crippen LogP contribution < -0.4 is 5.73 Å². The highest BCUT2D eigenvalue weighted by Gasteiger charge is 2.42. The van der Waals surface area contributed by atoms with E-state index in [0.717, 1.165) is 36.3 Å². The fourth-order valence-corrected chi connectivity index (χ4v) is 3.06. The number of imidazole rings is 1. The van der Waals surface area contributed by atoms with Crippen LogP contribution >= 0.6 is 0 Å². The van der Waals surface area contributed by atoms with Crippen molar-refractivity contribution in [2.75, 3.05) is 12.3 Å². The van der Waals surface area contributed by atoms with Gasteiger partial charge in [-0.2, -0.15) is 5.10 Å². The maximum Gasteiger partial charge on any atom is 0.203 e. The van der Waals surface area contributed by atoms with Crippen LogP contribution in [0.2, 0.25) is 0 Å². The molecule has 104 valence electrons. The lowest BCUT2D eigenvalue weighted by molar-refractivity contribution is 0.0779. The number of anilines is 1. The van der Waals surface area contributed by atoms with E-state index in [2.05, 4.69) is 35.4 Å². The van der Waals surface area contributed by atoms with Crippen LogP contribution in [-0.4, -0.2) is 32.0 Å². The number of nitrogens with two attached hydrogens (primary N) is 1. The molecule has 0 radical (unpaired) electrons. The summed E-state index contributed by atoms with van der Waals surface area (Å²) in [6, 6.07) is 0. The van der Waals surface area contributed by atoms with Gasteiger partial charge in [0.05, 0.1) is 17.3 Å².